The number of benzene rings is 1. The fourth-order valence-electron chi connectivity index (χ4n) is 1.24. The zero-order valence-corrected chi connectivity index (χ0v) is 9.96. The Hall–Kier alpha value is -1.13. The first-order valence-corrected chi connectivity index (χ1v) is 5.38. The minimum absolute atomic E-state index is 0.397. The lowest BCUT2D eigenvalue weighted by Crippen LogP contribution is -1.90. The highest BCUT2D eigenvalue weighted by Gasteiger charge is 2.03. The minimum atomic E-state index is 0.397. The van der Waals surface area contributed by atoms with Gasteiger partial charge in [0.25, 0.3) is 0 Å². The number of nitrogens with two attached hydrogens (primary N) is 1. The van der Waals surface area contributed by atoms with Crippen LogP contribution in [0.3, 0.4) is 0 Å². The number of hydrogen-bond acceptors (Lipinski definition) is 3. The number of halogens is 2. The van der Waals surface area contributed by atoms with E-state index in [1.807, 2.05) is 24.3 Å². The van der Waals surface area contributed by atoms with Crippen LogP contribution in [0.1, 0.15) is 0 Å². The number of nitrogen functional groups attached to an aromatic ring is 1. The summed E-state index contributed by atoms with van der Waals surface area (Å²) in [5.74, 6) is 0. The normalized spacial score (nSPS) is 10.3. The fourth-order valence-corrected chi connectivity index (χ4v) is 1.90. The third kappa shape index (κ3) is 2.46. The van der Waals surface area contributed by atoms with E-state index < -0.39 is 0 Å². The maximum Gasteiger partial charge on any atom is 0.198 e. The molecule has 0 unspecified atom stereocenters. The number of anilines is 1. The Morgan fingerprint density at radius 1 is 1.20 bits per heavy atom. The third-order valence-corrected chi connectivity index (χ3v) is 2.40. The summed E-state index contributed by atoms with van der Waals surface area (Å²) < 4.78 is 0.465. The standard InChI is InChI=1S/C10H7BrClN3/c11-10-14-8(5-9(12)15-10)6-2-1-3-7(13)4-6/h1-5H,13H2. The molecule has 0 radical (unpaired) electrons. The molecular formula is C10H7BrClN3. The van der Waals surface area contributed by atoms with Gasteiger partial charge in [0.15, 0.2) is 4.73 Å². The molecule has 0 amide bonds. The molecule has 5 heteroatoms. The van der Waals surface area contributed by atoms with Crippen LogP contribution >= 0.6 is 27.5 Å². The van der Waals surface area contributed by atoms with Crippen LogP contribution in [0.4, 0.5) is 5.69 Å². The molecule has 15 heavy (non-hydrogen) atoms. The predicted molar refractivity (Wildman–Crippen MR) is 64.6 cm³/mol. The summed E-state index contributed by atoms with van der Waals surface area (Å²) in [7, 11) is 0. The van der Waals surface area contributed by atoms with Gasteiger partial charge in [0.2, 0.25) is 0 Å². The summed E-state index contributed by atoms with van der Waals surface area (Å²) in [6.45, 7) is 0. The molecule has 2 N–H and O–H groups in total. The summed E-state index contributed by atoms with van der Waals surface area (Å²) >= 11 is 9.02. The monoisotopic (exact) mass is 283 g/mol. The van der Waals surface area contributed by atoms with Gasteiger partial charge >= 0.3 is 0 Å². The lowest BCUT2D eigenvalue weighted by Gasteiger charge is -2.02. The van der Waals surface area contributed by atoms with Gasteiger partial charge in [-0.1, -0.05) is 23.7 Å². The zero-order chi connectivity index (χ0) is 10.8. The quantitative estimate of drug-likeness (QED) is 0.497. The van der Waals surface area contributed by atoms with E-state index in [9.17, 15) is 0 Å². The number of hydrogen-bond donors (Lipinski definition) is 1. The molecule has 3 nitrogen and oxygen atoms in total. The largest absolute Gasteiger partial charge is 0.399 e. The summed E-state index contributed by atoms with van der Waals surface area (Å²) in [4.78, 5) is 8.13. The van der Waals surface area contributed by atoms with Crippen molar-refractivity contribution in [2.75, 3.05) is 5.73 Å². The second-order valence-electron chi connectivity index (χ2n) is 2.97. The van der Waals surface area contributed by atoms with Crippen LogP contribution in [-0.4, -0.2) is 9.97 Å². The molecule has 0 saturated heterocycles. The van der Waals surface area contributed by atoms with Gasteiger partial charge < -0.3 is 5.73 Å². The van der Waals surface area contributed by atoms with Gasteiger partial charge in [0.05, 0.1) is 5.69 Å². The van der Waals surface area contributed by atoms with E-state index in [1.54, 1.807) is 6.07 Å². The van der Waals surface area contributed by atoms with E-state index in [0.717, 1.165) is 11.3 Å². The Morgan fingerprint density at radius 2 is 2.00 bits per heavy atom. The molecule has 0 spiro atoms. The number of nitrogens with zero attached hydrogens (tertiary/aromatic N) is 2. The maximum absolute atomic E-state index is 5.83. The first-order valence-electron chi connectivity index (χ1n) is 4.21. The van der Waals surface area contributed by atoms with Crippen LogP contribution in [0.2, 0.25) is 5.15 Å². The number of aromatic nitrogens is 2. The van der Waals surface area contributed by atoms with Crippen molar-refractivity contribution in [1.82, 2.24) is 9.97 Å². The predicted octanol–water partition coefficient (Wildman–Crippen LogP) is 3.14. The van der Waals surface area contributed by atoms with E-state index in [-0.39, 0.29) is 0 Å². The highest BCUT2D eigenvalue weighted by molar-refractivity contribution is 9.10. The van der Waals surface area contributed by atoms with Crippen molar-refractivity contribution in [3.05, 3.63) is 40.2 Å². The van der Waals surface area contributed by atoms with Crippen molar-refractivity contribution in [1.29, 1.82) is 0 Å². The molecular weight excluding hydrogens is 277 g/mol. The Labute approximate surface area is 100 Å². The molecule has 1 aromatic carbocycles. The van der Waals surface area contributed by atoms with Gasteiger partial charge in [-0.25, -0.2) is 9.97 Å². The topological polar surface area (TPSA) is 51.8 Å². The Balaban J connectivity index is 2.54. The average molecular weight is 285 g/mol. The average Bonchev–Trinajstić information content (AvgIpc) is 2.16. The van der Waals surface area contributed by atoms with Crippen molar-refractivity contribution >= 4 is 33.2 Å². The van der Waals surface area contributed by atoms with Crippen molar-refractivity contribution < 1.29 is 0 Å². The molecule has 0 saturated carbocycles. The molecule has 0 bridgehead atoms. The summed E-state index contributed by atoms with van der Waals surface area (Å²) in [5.41, 5.74) is 8.04. The van der Waals surface area contributed by atoms with Crippen molar-refractivity contribution in [3.63, 3.8) is 0 Å². The van der Waals surface area contributed by atoms with E-state index in [2.05, 4.69) is 25.9 Å². The zero-order valence-electron chi connectivity index (χ0n) is 7.61. The molecule has 0 aliphatic heterocycles. The van der Waals surface area contributed by atoms with E-state index >= 15 is 0 Å². The highest BCUT2D eigenvalue weighted by atomic mass is 79.9. The van der Waals surface area contributed by atoms with Crippen LogP contribution in [-0.2, 0) is 0 Å². The second kappa shape index (κ2) is 4.16. The van der Waals surface area contributed by atoms with Crippen LogP contribution < -0.4 is 5.73 Å². The molecule has 2 aromatic rings. The van der Waals surface area contributed by atoms with Gasteiger partial charge in [-0.3, -0.25) is 0 Å². The lowest BCUT2D eigenvalue weighted by molar-refractivity contribution is 1.12. The van der Waals surface area contributed by atoms with Crippen molar-refractivity contribution in [3.8, 4) is 11.3 Å². The SMILES string of the molecule is Nc1cccc(-c2cc(Cl)nc(Br)n2)c1. The molecule has 1 aromatic heterocycles. The van der Waals surface area contributed by atoms with Gasteiger partial charge in [-0.2, -0.15) is 0 Å². The van der Waals surface area contributed by atoms with Crippen molar-refractivity contribution in [2.45, 2.75) is 0 Å². The fraction of sp³-hybridized carbons (Fsp3) is 0. The lowest BCUT2D eigenvalue weighted by atomic mass is 10.1. The first kappa shape index (κ1) is 10.4. The van der Waals surface area contributed by atoms with Crippen LogP contribution in [0, 0.1) is 0 Å². The van der Waals surface area contributed by atoms with Crippen LogP contribution in [0.25, 0.3) is 11.3 Å². The van der Waals surface area contributed by atoms with Gasteiger partial charge in [0.1, 0.15) is 5.15 Å². The third-order valence-electron chi connectivity index (χ3n) is 1.85. The number of rotatable bonds is 1. The van der Waals surface area contributed by atoms with E-state index in [0.29, 0.717) is 15.6 Å². The van der Waals surface area contributed by atoms with Crippen LogP contribution in [0.15, 0.2) is 35.1 Å². The van der Waals surface area contributed by atoms with Crippen LogP contribution in [0.5, 0.6) is 0 Å². The Morgan fingerprint density at radius 3 is 2.67 bits per heavy atom. The smallest absolute Gasteiger partial charge is 0.198 e. The summed E-state index contributed by atoms with van der Waals surface area (Å²) in [6, 6.07) is 9.14. The second-order valence-corrected chi connectivity index (χ2v) is 4.07. The molecule has 0 atom stereocenters. The Kier molecular flexibility index (Phi) is 2.88. The molecule has 1 heterocycles. The van der Waals surface area contributed by atoms with Gasteiger partial charge in [0, 0.05) is 17.3 Å². The van der Waals surface area contributed by atoms with Gasteiger partial charge in [-0.05, 0) is 28.1 Å². The highest BCUT2D eigenvalue weighted by Crippen LogP contribution is 2.23. The summed E-state index contributed by atoms with van der Waals surface area (Å²) in [5, 5.41) is 0.397. The Bertz CT molecular complexity index is 482. The summed E-state index contributed by atoms with van der Waals surface area (Å²) in [6.07, 6.45) is 0. The maximum atomic E-state index is 5.83. The molecule has 0 fully saturated rings. The van der Waals surface area contributed by atoms with E-state index in [4.69, 9.17) is 17.3 Å². The molecule has 2 rings (SSSR count). The van der Waals surface area contributed by atoms with Crippen molar-refractivity contribution in [2.24, 2.45) is 0 Å². The molecule has 0 aliphatic rings. The minimum Gasteiger partial charge on any atom is -0.399 e. The first-order chi connectivity index (χ1) is 7.15. The van der Waals surface area contributed by atoms with E-state index in [1.165, 1.54) is 0 Å². The molecule has 76 valence electrons. The molecule has 0 aliphatic carbocycles. The van der Waals surface area contributed by atoms with Gasteiger partial charge in [-0.15, -0.1) is 0 Å².